The van der Waals surface area contributed by atoms with Crippen molar-refractivity contribution in [2.75, 3.05) is 17.7 Å². The molecule has 0 saturated heterocycles. The zero-order valence-electron chi connectivity index (χ0n) is 16.3. The Labute approximate surface area is 172 Å². The summed E-state index contributed by atoms with van der Waals surface area (Å²) in [6.45, 7) is 3.56. The molecule has 0 bridgehead atoms. The predicted octanol–water partition coefficient (Wildman–Crippen LogP) is 4.36. The molecule has 7 nitrogen and oxygen atoms in total. The highest BCUT2D eigenvalue weighted by atomic mass is 32.2. The van der Waals surface area contributed by atoms with Gasteiger partial charge in [0, 0.05) is 22.2 Å². The van der Waals surface area contributed by atoms with Crippen LogP contribution in [0.25, 0.3) is 0 Å². The lowest BCUT2D eigenvalue weighted by molar-refractivity contribution is -0.115. The number of carbonyl (C=O) groups excluding carboxylic acids is 2. The minimum Gasteiger partial charge on any atom is -0.497 e. The van der Waals surface area contributed by atoms with Crippen molar-refractivity contribution in [1.82, 2.24) is 5.16 Å². The van der Waals surface area contributed by atoms with Crippen molar-refractivity contribution in [3.05, 3.63) is 65.9 Å². The molecule has 2 N–H and O–H groups in total. The number of amides is 2. The molecule has 0 fully saturated rings. The van der Waals surface area contributed by atoms with Crippen molar-refractivity contribution in [1.29, 1.82) is 0 Å². The fourth-order valence-electron chi connectivity index (χ4n) is 2.53. The number of hydrogen-bond donors (Lipinski definition) is 2. The predicted molar refractivity (Wildman–Crippen MR) is 113 cm³/mol. The van der Waals surface area contributed by atoms with Crippen molar-refractivity contribution in [2.24, 2.45) is 0 Å². The standard InChI is InChI=1S/C21H21N3O4S/c1-13-10-19(24-28-13)23-20(25)14(2)29-18-9-5-7-16(12-18)22-21(26)15-6-4-8-17(11-15)27-3/h4-12,14H,1-3H3,(H,22,26)(H,23,24,25). The number of aryl methyl sites for hydroxylation is 1. The van der Waals surface area contributed by atoms with Crippen molar-refractivity contribution in [3.8, 4) is 5.75 Å². The second kappa shape index (κ2) is 9.29. The first-order chi connectivity index (χ1) is 13.9. The molecular formula is C21H21N3O4S. The third-order valence-corrected chi connectivity index (χ3v) is 5.08. The minimum atomic E-state index is -0.364. The maximum Gasteiger partial charge on any atom is 0.255 e. The Hall–Kier alpha value is -3.26. The zero-order valence-corrected chi connectivity index (χ0v) is 17.1. The number of nitrogens with one attached hydrogen (secondary N) is 2. The summed E-state index contributed by atoms with van der Waals surface area (Å²) in [5.74, 6) is 1.20. The molecule has 0 aliphatic carbocycles. The Balaban J connectivity index is 1.62. The molecule has 150 valence electrons. The average molecular weight is 411 g/mol. The fraction of sp³-hybridized carbons (Fsp3) is 0.190. The van der Waals surface area contributed by atoms with E-state index in [0.29, 0.717) is 28.6 Å². The van der Waals surface area contributed by atoms with Crippen LogP contribution in [0, 0.1) is 6.92 Å². The van der Waals surface area contributed by atoms with E-state index in [1.165, 1.54) is 11.8 Å². The highest BCUT2D eigenvalue weighted by molar-refractivity contribution is 8.00. The maximum absolute atomic E-state index is 12.5. The molecule has 1 heterocycles. The van der Waals surface area contributed by atoms with Crippen molar-refractivity contribution >= 4 is 35.1 Å². The summed E-state index contributed by atoms with van der Waals surface area (Å²) < 4.78 is 10.1. The summed E-state index contributed by atoms with van der Waals surface area (Å²) in [6, 6.07) is 15.9. The summed E-state index contributed by atoms with van der Waals surface area (Å²) in [5.41, 5.74) is 1.14. The lowest BCUT2D eigenvalue weighted by Gasteiger charge is -2.12. The van der Waals surface area contributed by atoms with Gasteiger partial charge in [-0.2, -0.15) is 0 Å². The van der Waals surface area contributed by atoms with E-state index in [-0.39, 0.29) is 17.1 Å². The van der Waals surface area contributed by atoms with Crippen LogP contribution in [0.2, 0.25) is 0 Å². The SMILES string of the molecule is COc1cccc(C(=O)Nc2cccc(SC(C)C(=O)Nc3cc(C)on3)c2)c1. The van der Waals surface area contributed by atoms with Gasteiger partial charge in [0.15, 0.2) is 5.82 Å². The molecule has 0 spiro atoms. The Morgan fingerprint density at radius 3 is 2.62 bits per heavy atom. The van der Waals surface area contributed by atoms with Gasteiger partial charge in [-0.25, -0.2) is 0 Å². The zero-order chi connectivity index (χ0) is 20.8. The van der Waals surface area contributed by atoms with E-state index in [2.05, 4.69) is 15.8 Å². The first-order valence-corrected chi connectivity index (χ1v) is 9.79. The fourth-order valence-corrected chi connectivity index (χ4v) is 3.45. The number of ether oxygens (including phenoxy) is 1. The van der Waals surface area contributed by atoms with Crippen molar-refractivity contribution in [3.63, 3.8) is 0 Å². The number of thioether (sulfide) groups is 1. The minimum absolute atomic E-state index is 0.186. The molecule has 29 heavy (non-hydrogen) atoms. The molecular weight excluding hydrogens is 390 g/mol. The largest absolute Gasteiger partial charge is 0.497 e. The second-order valence-electron chi connectivity index (χ2n) is 6.29. The number of aromatic nitrogens is 1. The molecule has 0 radical (unpaired) electrons. The number of carbonyl (C=O) groups is 2. The maximum atomic E-state index is 12.5. The number of hydrogen-bond acceptors (Lipinski definition) is 6. The summed E-state index contributed by atoms with van der Waals surface area (Å²) in [4.78, 5) is 25.7. The van der Waals surface area contributed by atoms with Crippen LogP contribution in [0.15, 0.2) is 64.0 Å². The highest BCUT2D eigenvalue weighted by Crippen LogP contribution is 2.27. The van der Waals surface area contributed by atoms with Gasteiger partial charge < -0.3 is 19.9 Å². The molecule has 3 aromatic rings. The van der Waals surface area contributed by atoms with E-state index in [1.54, 1.807) is 57.4 Å². The average Bonchev–Trinajstić information content (AvgIpc) is 3.12. The monoisotopic (exact) mass is 411 g/mol. The van der Waals surface area contributed by atoms with Gasteiger partial charge in [0.2, 0.25) is 5.91 Å². The Kier molecular flexibility index (Phi) is 6.56. The first-order valence-electron chi connectivity index (χ1n) is 8.91. The van der Waals surface area contributed by atoms with Crippen LogP contribution in [-0.4, -0.2) is 29.3 Å². The van der Waals surface area contributed by atoms with Crippen molar-refractivity contribution in [2.45, 2.75) is 24.0 Å². The normalized spacial score (nSPS) is 11.6. The lowest BCUT2D eigenvalue weighted by Crippen LogP contribution is -2.22. The number of benzene rings is 2. The van der Waals surface area contributed by atoms with Crippen LogP contribution in [0.3, 0.4) is 0 Å². The van der Waals surface area contributed by atoms with Crippen LogP contribution in [0.4, 0.5) is 11.5 Å². The summed E-state index contributed by atoms with van der Waals surface area (Å²) in [5, 5.41) is 8.98. The Bertz CT molecular complexity index is 1020. The third-order valence-electron chi connectivity index (χ3n) is 3.99. The highest BCUT2D eigenvalue weighted by Gasteiger charge is 2.16. The molecule has 2 amide bonds. The van der Waals surface area contributed by atoms with Gasteiger partial charge in [0.25, 0.3) is 5.91 Å². The van der Waals surface area contributed by atoms with Crippen LogP contribution in [0.5, 0.6) is 5.75 Å². The summed E-state index contributed by atoms with van der Waals surface area (Å²) in [6.07, 6.45) is 0. The van der Waals surface area contributed by atoms with Gasteiger partial charge in [-0.3, -0.25) is 9.59 Å². The molecule has 0 aliphatic heterocycles. The van der Waals surface area contributed by atoms with Crippen LogP contribution in [0.1, 0.15) is 23.0 Å². The number of methoxy groups -OCH3 is 1. The first kappa shape index (κ1) is 20.5. The van der Waals surface area contributed by atoms with Crippen LogP contribution >= 0.6 is 11.8 Å². The molecule has 1 unspecified atom stereocenters. The Morgan fingerprint density at radius 2 is 1.90 bits per heavy atom. The smallest absolute Gasteiger partial charge is 0.255 e. The molecule has 0 saturated carbocycles. The van der Waals surface area contributed by atoms with E-state index in [4.69, 9.17) is 9.26 Å². The van der Waals surface area contributed by atoms with Gasteiger partial charge in [-0.05, 0) is 50.2 Å². The summed E-state index contributed by atoms with van der Waals surface area (Å²) in [7, 11) is 1.55. The molecule has 2 aromatic carbocycles. The van der Waals surface area contributed by atoms with Gasteiger partial charge >= 0.3 is 0 Å². The van der Waals surface area contributed by atoms with E-state index in [9.17, 15) is 9.59 Å². The van der Waals surface area contributed by atoms with Gasteiger partial charge in [-0.15, -0.1) is 11.8 Å². The second-order valence-corrected chi connectivity index (χ2v) is 7.70. The lowest BCUT2D eigenvalue weighted by atomic mass is 10.2. The van der Waals surface area contributed by atoms with Gasteiger partial charge in [0.05, 0.1) is 12.4 Å². The topological polar surface area (TPSA) is 93.5 Å². The van der Waals surface area contributed by atoms with Crippen LogP contribution in [-0.2, 0) is 4.79 Å². The van der Waals surface area contributed by atoms with Crippen molar-refractivity contribution < 1.29 is 18.8 Å². The van der Waals surface area contributed by atoms with Gasteiger partial charge in [-0.1, -0.05) is 17.3 Å². The van der Waals surface area contributed by atoms with E-state index < -0.39 is 0 Å². The quantitative estimate of drug-likeness (QED) is 0.561. The van der Waals surface area contributed by atoms with E-state index in [0.717, 1.165) is 4.90 Å². The number of anilines is 2. The number of nitrogens with zero attached hydrogens (tertiary/aromatic N) is 1. The molecule has 1 aromatic heterocycles. The molecule has 8 heteroatoms. The Morgan fingerprint density at radius 1 is 1.10 bits per heavy atom. The van der Waals surface area contributed by atoms with Gasteiger partial charge in [0.1, 0.15) is 11.5 Å². The number of rotatable bonds is 7. The summed E-state index contributed by atoms with van der Waals surface area (Å²) >= 11 is 1.38. The van der Waals surface area contributed by atoms with E-state index >= 15 is 0 Å². The third kappa shape index (κ3) is 5.61. The molecule has 1 atom stereocenters. The molecule has 0 aliphatic rings. The van der Waals surface area contributed by atoms with E-state index in [1.807, 2.05) is 18.2 Å². The molecule has 3 rings (SSSR count). The van der Waals surface area contributed by atoms with Crippen LogP contribution < -0.4 is 15.4 Å².